The van der Waals surface area contributed by atoms with E-state index in [1.54, 1.807) is 0 Å². The van der Waals surface area contributed by atoms with Crippen LogP contribution in [0.3, 0.4) is 0 Å². The van der Waals surface area contributed by atoms with Crippen LogP contribution in [0.25, 0.3) is 0 Å². The monoisotopic (exact) mass is 118 g/mol. The first-order valence-electron chi connectivity index (χ1n) is 1.97. The molecule has 7 heavy (non-hydrogen) atoms. The van der Waals surface area contributed by atoms with Crippen LogP contribution in [0.2, 0.25) is 0 Å². The topological polar surface area (TPSA) is 43.1 Å². The third-order valence-electron chi connectivity index (χ3n) is 0.392. The fourth-order valence-corrected chi connectivity index (χ4v) is 0.496. The maximum absolute atomic E-state index is 9.92. The second-order valence-corrected chi connectivity index (χ2v) is 2.06. The molecular formula is C4H8NOS. The number of nitrogens with two attached hydrogens (primary N) is 1. The molecule has 0 spiro atoms. The zero-order valence-electron chi connectivity index (χ0n) is 4.18. The fraction of sp³-hybridized carbons (Fsp3) is 0.500. The minimum Gasteiger partial charge on any atom is -0.361 e. The summed E-state index contributed by atoms with van der Waals surface area (Å²) in [4.78, 5) is 9.92. The van der Waals surface area contributed by atoms with E-state index in [1.807, 2.05) is 13.3 Å². The average Bonchev–Trinajstić information content (AvgIpc) is 1.61. The number of carbonyl (C=O) groups excluding carboxylic acids is 1. The van der Waals surface area contributed by atoms with E-state index in [4.69, 9.17) is 5.73 Å². The standard InChI is InChI=1S/C4H8NOS/c1-2-3-7-4(5)6/h2H,3H2,1H3,(H2,5,6). The maximum Gasteiger partial charge on any atom is 0.276 e. The van der Waals surface area contributed by atoms with Crippen LogP contribution in [-0.4, -0.2) is 11.0 Å². The smallest absolute Gasteiger partial charge is 0.276 e. The predicted octanol–water partition coefficient (Wildman–Crippen LogP) is 1.02. The van der Waals surface area contributed by atoms with Crippen LogP contribution in [-0.2, 0) is 0 Å². The summed E-state index contributed by atoms with van der Waals surface area (Å²) in [5, 5.41) is -0.307. The van der Waals surface area contributed by atoms with Crippen molar-refractivity contribution in [3.63, 3.8) is 0 Å². The molecule has 3 heteroatoms. The quantitative estimate of drug-likeness (QED) is 0.588. The van der Waals surface area contributed by atoms with Gasteiger partial charge in [-0.3, -0.25) is 4.79 Å². The molecule has 41 valence electrons. The van der Waals surface area contributed by atoms with Crippen molar-refractivity contribution in [1.82, 2.24) is 0 Å². The summed E-state index contributed by atoms with van der Waals surface area (Å²) in [6.45, 7) is 1.88. The zero-order chi connectivity index (χ0) is 5.70. The molecule has 0 aliphatic carbocycles. The van der Waals surface area contributed by atoms with E-state index >= 15 is 0 Å². The molecule has 0 unspecified atom stereocenters. The van der Waals surface area contributed by atoms with Gasteiger partial charge >= 0.3 is 0 Å². The molecule has 0 bridgehead atoms. The lowest BCUT2D eigenvalue weighted by Crippen LogP contribution is -2.02. The van der Waals surface area contributed by atoms with Crippen molar-refractivity contribution in [2.24, 2.45) is 5.73 Å². The first-order valence-corrected chi connectivity index (χ1v) is 2.96. The Balaban J connectivity index is 2.82. The SMILES string of the molecule is C[CH]CSC(N)=O. The largest absolute Gasteiger partial charge is 0.361 e. The number of hydrogen-bond acceptors (Lipinski definition) is 2. The summed E-state index contributed by atoms with van der Waals surface area (Å²) in [6.07, 6.45) is 1.88. The van der Waals surface area contributed by atoms with Crippen LogP contribution in [0.4, 0.5) is 4.79 Å². The Kier molecular flexibility index (Phi) is 3.89. The molecule has 0 heterocycles. The van der Waals surface area contributed by atoms with E-state index in [1.165, 1.54) is 0 Å². The van der Waals surface area contributed by atoms with Crippen LogP contribution in [0.15, 0.2) is 0 Å². The van der Waals surface area contributed by atoms with Crippen LogP contribution in [0.5, 0.6) is 0 Å². The molecule has 0 rings (SSSR count). The number of carbonyl (C=O) groups is 1. The van der Waals surface area contributed by atoms with Gasteiger partial charge in [-0.1, -0.05) is 18.7 Å². The van der Waals surface area contributed by atoms with E-state index in [9.17, 15) is 4.79 Å². The summed E-state index contributed by atoms with van der Waals surface area (Å²) in [7, 11) is 0. The molecule has 0 aliphatic heterocycles. The summed E-state index contributed by atoms with van der Waals surface area (Å²) in [5.74, 6) is 0.718. The maximum atomic E-state index is 9.92. The van der Waals surface area contributed by atoms with Gasteiger partial charge in [0.2, 0.25) is 0 Å². The lowest BCUT2D eigenvalue weighted by atomic mass is 10.6. The molecule has 2 nitrogen and oxygen atoms in total. The number of amides is 1. The number of thioether (sulfide) groups is 1. The molecule has 1 amide bonds. The van der Waals surface area contributed by atoms with Crippen molar-refractivity contribution in [1.29, 1.82) is 0 Å². The molecule has 0 aromatic rings. The number of primary amides is 1. The van der Waals surface area contributed by atoms with Gasteiger partial charge in [-0.05, 0) is 6.42 Å². The fourth-order valence-electron chi connectivity index (χ4n) is 0.165. The van der Waals surface area contributed by atoms with Gasteiger partial charge in [0.1, 0.15) is 0 Å². The van der Waals surface area contributed by atoms with E-state index in [-0.39, 0.29) is 5.24 Å². The molecule has 0 aromatic carbocycles. The molecule has 0 atom stereocenters. The minimum absolute atomic E-state index is 0.307. The van der Waals surface area contributed by atoms with E-state index in [2.05, 4.69) is 0 Å². The molecular weight excluding hydrogens is 110 g/mol. The predicted molar refractivity (Wildman–Crippen MR) is 32.0 cm³/mol. The molecule has 0 aliphatic rings. The van der Waals surface area contributed by atoms with Crippen molar-refractivity contribution in [3.05, 3.63) is 6.42 Å². The van der Waals surface area contributed by atoms with Crippen molar-refractivity contribution in [3.8, 4) is 0 Å². The Morgan fingerprint density at radius 3 is 2.71 bits per heavy atom. The van der Waals surface area contributed by atoms with E-state index < -0.39 is 0 Å². The van der Waals surface area contributed by atoms with Crippen molar-refractivity contribution in [2.45, 2.75) is 6.92 Å². The average molecular weight is 118 g/mol. The van der Waals surface area contributed by atoms with E-state index in [0.717, 1.165) is 17.5 Å². The van der Waals surface area contributed by atoms with Gasteiger partial charge < -0.3 is 5.73 Å². The highest BCUT2D eigenvalue weighted by atomic mass is 32.2. The Bertz CT molecular complexity index is 64.7. The van der Waals surface area contributed by atoms with Gasteiger partial charge in [0.15, 0.2) is 0 Å². The highest BCUT2D eigenvalue weighted by Crippen LogP contribution is 1.98. The van der Waals surface area contributed by atoms with Crippen molar-refractivity contribution < 1.29 is 4.79 Å². The molecule has 0 aromatic heterocycles. The molecule has 0 fully saturated rings. The Labute approximate surface area is 47.5 Å². The minimum atomic E-state index is -0.307. The van der Waals surface area contributed by atoms with Gasteiger partial charge in [-0.25, -0.2) is 0 Å². The van der Waals surface area contributed by atoms with Gasteiger partial charge in [0.05, 0.1) is 0 Å². The highest BCUT2D eigenvalue weighted by molar-refractivity contribution is 8.13. The number of rotatable bonds is 2. The van der Waals surface area contributed by atoms with Gasteiger partial charge in [-0.15, -0.1) is 0 Å². The Morgan fingerprint density at radius 1 is 2.00 bits per heavy atom. The molecule has 0 saturated carbocycles. The first kappa shape index (κ1) is 6.82. The molecule has 2 N–H and O–H groups in total. The lowest BCUT2D eigenvalue weighted by Gasteiger charge is -1.86. The van der Waals surface area contributed by atoms with Crippen LogP contribution in [0.1, 0.15) is 6.92 Å². The highest BCUT2D eigenvalue weighted by Gasteiger charge is 1.88. The van der Waals surface area contributed by atoms with Crippen LogP contribution >= 0.6 is 11.8 Å². The number of hydrogen-bond donors (Lipinski definition) is 1. The van der Waals surface area contributed by atoms with Gasteiger partial charge in [-0.2, -0.15) is 0 Å². The summed E-state index contributed by atoms with van der Waals surface area (Å²) < 4.78 is 0. The van der Waals surface area contributed by atoms with Crippen LogP contribution in [0, 0.1) is 6.42 Å². The summed E-state index contributed by atoms with van der Waals surface area (Å²) >= 11 is 1.11. The third-order valence-corrected chi connectivity index (χ3v) is 1.18. The third kappa shape index (κ3) is 5.82. The van der Waals surface area contributed by atoms with Gasteiger partial charge in [0.25, 0.3) is 5.24 Å². The van der Waals surface area contributed by atoms with Crippen LogP contribution < -0.4 is 5.73 Å². The Hall–Kier alpha value is -0.180. The lowest BCUT2D eigenvalue weighted by molar-refractivity contribution is 0.267. The molecule has 0 saturated heterocycles. The zero-order valence-corrected chi connectivity index (χ0v) is 4.99. The second-order valence-electron chi connectivity index (χ2n) is 1.04. The van der Waals surface area contributed by atoms with Gasteiger partial charge in [0, 0.05) is 5.75 Å². The normalized spacial score (nSPS) is 8.71. The van der Waals surface area contributed by atoms with Crippen molar-refractivity contribution in [2.75, 3.05) is 5.75 Å². The summed E-state index contributed by atoms with van der Waals surface area (Å²) in [6, 6.07) is 0. The summed E-state index contributed by atoms with van der Waals surface area (Å²) in [5.41, 5.74) is 4.78. The van der Waals surface area contributed by atoms with E-state index in [0.29, 0.717) is 0 Å². The van der Waals surface area contributed by atoms with Crippen molar-refractivity contribution >= 4 is 17.0 Å². The first-order chi connectivity index (χ1) is 3.27. The Morgan fingerprint density at radius 2 is 2.57 bits per heavy atom. The molecule has 1 radical (unpaired) electrons. The second kappa shape index (κ2) is 3.99.